The predicted octanol–water partition coefficient (Wildman–Crippen LogP) is 2.05. The lowest BCUT2D eigenvalue weighted by atomic mass is 10.1. The third kappa shape index (κ3) is 9.87. The first kappa shape index (κ1) is 17.5. The second-order valence-electron chi connectivity index (χ2n) is 5.04. The van der Waals surface area contributed by atoms with Crippen LogP contribution in [-0.4, -0.2) is 42.0 Å². The largest absolute Gasteiger partial charge is 0.491 e. The molecule has 0 aromatic heterocycles. The van der Waals surface area contributed by atoms with Crippen LogP contribution in [0, 0.1) is 0 Å². The van der Waals surface area contributed by atoms with E-state index >= 15 is 0 Å². The van der Waals surface area contributed by atoms with Crippen molar-refractivity contribution in [2.45, 2.75) is 38.2 Å². The van der Waals surface area contributed by atoms with Crippen LogP contribution in [0.25, 0.3) is 0 Å². The number of nitrogens with one attached hydrogen (secondary N) is 1. The minimum absolute atomic E-state index is 0.253. The lowest BCUT2D eigenvalue weighted by Crippen LogP contribution is -2.32. The smallest absolute Gasteiger partial charge is 0.303 e. The average Bonchev–Trinajstić information content (AvgIpc) is 2.48. The molecule has 0 saturated carbocycles. The highest BCUT2D eigenvalue weighted by molar-refractivity contribution is 5.66. The van der Waals surface area contributed by atoms with Gasteiger partial charge in [-0.15, -0.1) is 0 Å². The Labute approximate surface area is 125 Å². The molecule has 1 atom stereocenters. The minimum Gasteiger partial charge on any atom is -0.491 e. The van der Waals surface area contributed by atoms with Crippen LogP contribution in [0.2, 0.25) is 0 Å². The number of benzene rings is 1. The monoisotopic (exact) mass is 295 g/mol. The van der Waals surface area contributed by atoms with E-state index in [4.69, 9.17) is 9.84 Å². The number of aliphatic carboxylic acids is 1. The quantitative estimate of drug-likeness (QED) is 0.514. The standard InChI is InChI=1S/C16H25NO4/c18-14(13-21-15-8-4-3-5-9-15)12-17-11-7-2-1-6-10-16(19)20/h3-5,8-9,14,17-18H,1-2,6-7,10-13H2,(H,19,20). The number of hydrogen-bond donors (Lipinski definition) is 3. The lowest BCUT2D eigenvalue weighted by molar-refractivity contribution is -0.137. The molecule has 0 spiro atoms. The summed E-state index contributed by atoms with van der Waals surface area (Å²) in [6.07, 6.45) is 3.40. The summed E-state index contributed by atoms with van der Waals surface area (Å²) in [4.78, 5) is 10.3. The van der Waals surface area contributed by atoms with Crippen LogP contribution >= 0.6 is 0 Å². The molecule has 0 amide bonds. The van der Waals surface area contributed by atoms with Gasteiger partial charge < -0.3 is 20.3 Å². The fourth-order valence-corrected chi connectivity index (χ4v) is 1.92. The number of carbonyl (C=O) groups is 1. The van der Waals surface area contributed by atoms with E-state index < -0.39 is 12.1 Å². The minimum atomic E-state index is -0.727. The topological polar surface area (TPSA) is 78.8 Å². The molecule has 21 heavy (non-hydrogen) atoms. The Morgan fingerprint density at radius 2 is 1.86 bits per heavy atom. The SMILES string of the molecule is O=C(O)CCCCCCNCC(O)COc1ccccc1. The second-order valence-corrected chi connectivity index (χ2v) is 5.04. The van der Waals surface area contributed by atoms with Gasteiger partial charge in [-0.05, 0) is 31.5 Å². The summed E-state index contributed by atoms with van der Waals surface area (Å²) in [7, 11) is 0. The van der Waals surface area contributed by atoms with Gasteiger partial charge in [-0.1, -0.05) is 31.0 Å². The van der Waals surface area contributed by atoms with Crippen LogP contribution in [0.5, 0.6) is 5.75 Å². The summed E-state index contributed by atoms with van der Waals surface area (Å²) in [5.41, 5.74) is 0. The summed E-state index contributed by atoms with van der Waals surface area (Å²) in [5.74, 6) is 0.0321. The number of rotatable bonds is 12. The van der Waals surface area contributed by atoms with Gasteiger partial charge in [-0.25, -0.2) is 0 Å². The zero-order chi connectivity index (χ0) is 15.3. The molecule has 5 heteroatoms. The zero-order valence-corrected chi connectivity index (χ0v) is 12.3. The Bertz CT molecular complexity index is 383. The van der Waals surface area contributed by atoms with Crippen molar-refractivity contribution in [1.82, 2.24) is 5.32 Å². The maximum Gasteiger partial charge on any atom is 0.303 e. The Hall–Kier alpha value is -1.59. The maximum absolute atomic E-state index is 10.3. The van der Waals surface area contributed by atoms with Gasteiger partial charge in [0.2, 0.25) is 0 Å². The van der Waals surface area contributed by atoms with Gasteiger partial charge in [0, 0.05) is 13.0 Å². The van der Waals surface area contributed by atoms with Crippen LogP contribution in [0.3, 0.4) is 0 Å². The van der Waals surface area contributed by atoms with E-state index in [0.717, 1.165) is 38.0 Å². The fraction of sp³-hybridized carbons (Fsp3) is 0.562. The first-order valence-electron chi connectivity index (χ1n) is 7.47. The van der Waals surface area contributed by atoms with Gasteiger partial charge in [0.1, 0.15) is 18.5 Å². The summed E-state index contributed by atoms with van der Waals surface area (Å²) in [5, 5.41) is 21.4. The summed E-state index contributed by atoms with van der Waals surface area (Å²) in [6, 6.07) is 9.42. The van der Waals surface area contributed by atoms with Crippen molar-refractivity contribution < 1.29 is 19.7 Å². The van der Waals surface area contributed by atoms with Crippen molar-refractivity contribution in [3.8, 4) is 5.75 Å². The van der Waals surface area contributed by atoms with E-state index in [9.17, 15) is 9.90 Å². The van der Waals surface area contributed by atoms with Crippen LogP contribution in [0.15, 0.2) is 30.3 Å². The summed E-state index contributed by atoms with van der Waals surface area (Å²) < 4.78 is 5.45. The molecular weight excluding hydrogens is 270 g/mol. The molecule has 0 radical (unpaired) electrons. The average molecular weight is 295 g/mol. The molecule has 0 aliphatic rings. The van der Waals surface area contributed by atoms with E-state index in [0.29, 0.717) is 6.54 Å². The normalized spacial score (nSPS) is 12.0. The molecule has 0 aliphatic heterocycles. The third-order valence-corrected chi connectivity index (χ3v) is 3.06. The summed E-state index contributed by atoms with van der Waals surface area (Å²) in [6.45, 7) is 1.60. The fourth-order valence-electron chi connectivity index (χ4n) is 1.92. The molecule has 0 aliphatic carbocycles. The molecule has 0 saturated heterocycles. The van der Waals surface area contributed by atoms with Gasteiger partial charge in [0.05, 0.1) is 0 Å². The molecule has 1 rings (SSSR count). The molecule has 0 heterocycles. The molecule has 1 aromatic carbocycles. The summed E-state index contributed by atoms with van der Waals surface area (Å²) >= 11 is 0. The van der Waals surface area contributed by atoms with Crippen LogP contribution < -0.4 is 10.1 Å². The van der Waals surface area contributed by atoms with Crippen molar-refractivity contribution in [2.75, 3.05) is 19.7 Å². The van der Waals surface area contributed by atoms with Gasteiger partial charge in [0.25, 0.3) is 0 Å². The first-order chi connectivity index (χ1) is 10.2. The highest BCUT2D eigenvalue weighted by Gasteiger charge is 2.04. The maximum atomic E-state index is 10.3. The van der Waals surface area contributed by atoms with Crippen LogP contribution in [0.4, 0.5) is 0 Å². The van der Waals surface area contributed by atoms with Gasteiger partial charge in [0.15, 0.2) is 0 Å². The van der Waals surface area contributed by atoms with Crippen molar-refractivity contribution in [1.29, 1.82) is 0 Å². The van der Waals surface area contributed by atoms with E-state index in [-0.39, 0.29) is 13.0 Å². The van der Waals surface area contributed by atoms with Gasteiger partial charge >= 0.3 is 5.97 Å². The van der Waals surface area contributed by atoms with Crippen LogP contribution in [0.1, 0.15) is 32.1 Å². The van der Waals surface area contributed by atoms with Crippen LogP contribution in [-0.2, 0) is 4.79 Å². The van der Waals surface area contributed by atoms with E-state index in [1.165, 1.54) is 0 Å². The highest BCUT2D eigenvalue weighted by atomic mass is 16.5. The Morgan fingerprint density at radius 1 is 1.14 bits per heavy atom. The van der Waals surface area contributed by atoms with Gasteiger partial charge in [-0.3, -0.25) is 4.79 Å². The molecular formula is C16H25NO4. The molecule has 1 unspecified atom stereocenters. The number of aliphatic hydroxyl groups excluding tert-OH is 1. The number of hydrogen-bond acceptors (Lipinski definition) is 4. The molecule has 1 aromatic rings. The van der Waals surface area contributed by atoms with Gasteiger partial charge in [-0.2, -0.15) is 0 Å². The Morgan fingerprint density at radius 3 is 2.57 bits per heavy atom. The van der Waals surface area contributed by atoms with E-state index in [1.54, 1.807) is 0 Å². The lowest BCUT2D eigenvalue weighted by Gasteiger charge is -2.13. The van der Waals surface area contributed by atoms with Crippen molar-refractivity contribution in [2.24, 2.45) is 0 Å². The first-order valence-corrected chi connectivity index (χ1v) is 7.47. The molecule has 0 fully saturated rings. The van der Waals surface area contributed by atoms with E-state index in [1.807, 2.05) is 30.3 Å². The number of ether oxygens (including phenoxy) is 1. The Balaban J connectivity index is 1.91. The number of para-hydroxylation sites is 1. The number of carboxylic acid groups (broad SMARTS) is 1. The predicted molar refractivity (Wildman–Crippen MR) is 81.5 cm³/mol. The molecule has 3 N–H and O–H groups in total. The second kappa shape index (κ2) is 11.1. The number of unbranched alkanes of at least 4 members (excludes halogenated alkanes) is 3. The molecule has 118 valence electrons. The van der Waals surface area contributed by atoms with Crippen molar-refractivity contribution in [3.63, 3.8) is 0 Å². The third-order valence-electron chi connectivity index (χ3n) is 3.06. The molecule has 0 bridgehead atoms. The number of carboxylic acids is 1. The molecule has 5 nitrogen and oxygen atoms in total. The Kier molecular flexibility index (Phi) is 9.24. The van der Waals surface area contributed by atoms with Crippen molar-refractivity contribution in [3.05, 3.63) is 30.3 Å². The van der Waals surface area contributed by atoms with E-state index in [2.05, 4.69) is 5.32 Å². The van der Waals surface area contributed by atoms with Crippen molar-refractivity contribution >= 4 is 5.97 Å². The number of aliphatic hydroxyl groups is 1. The highest BCUT2D eigenvalue weighted by Crippen LogP contribution is 2.08. The zero-order valence-electron chi connectivity index (χ0n) is 12.3.